The molecular formula is C32H40Cl2N8O4S. The normalized spacial score (nSPS) is 12.5. The topological polar surface area (TPSA) is 195 Å². The number of carbonyl (C=O) groups excluding carboxylic acids is 2. The lowest BCUT2D eigenvalue weighted by atomic mass is 10.1. The molecule has 0 bridgehead atoms. The van der Waals surface area contributed by atoms with E-state index in [9.17, 15) is 9.59 Å². The number of anilines is 5. The molecule has 9 N–H and O–H groups in total. The third-order valence-corrected chi connectivity index (χ3v) is 8.11. The molecule has 252 valence electrons. The molecule has 3 aromatic carbocycles. The minimum absolute atomic E-state index is 0.115. The number of nitrogens with zero attached hydrogens (tertiary/aromatic N) is 3. The Labute approximate surface area is 288 Å². The molecule has 1 aliphatic heterocycles. The summed E-state index contributed by atoms with van der Waals surface area (Å²) in [6.45, 7) is 5.27. The lowest BCUT2D eigenvalue weighted by molar-refractivity contribution is 0.102. The van der Waals surface area contributed by atoms with Gasteiger partial charge < -0.3 is 32.4 Å². The molecule has 1 fully saturated rings. The number of aryl methyl sites for hydroxylation is 1. The number of amides is 2. The number of aliphatic hydroxyl groups excluding tert-OH is 1. The average Bonchev–Trinajstić information content (AvgIpc) is 3.48. The second-order valence-corrected chi connectivity index (χ2v) is 12.3. The van der Waals surface area contributed by atoms with Crippen LogP contribution in [0.1, 0.15) is 40.2 Å². The number of likely N-dealkylation sites (tertiary alicyclic amines) is 1. The minimum atomic E-state index is -0.492. The van der Waals surface area contributed by atoms with Crippen LogP contribution in [0.15, 0.2) is 60.7 Å². The molecule has 1 saturated heterocycles. The van der Waals surface area contributed by atoms with Gasteiger partial charge in [-0.25, -0.2) is 4.79 Å². The van der Waals surface area contributed by atoms with Gasteiger partial charge in [0, 0.05) is 40.9 Å². The van der Waals surface area contributed by atoms with E-state index in [4.69, 9.17) is 50.2 Å². The van der Waals surface area contributed by atoms with Crippen LogP contribution in [0.2, 0.25) is 10.0 Å². The van der Waals surface area contributed by atoms with Crippen LogP contribution in [0.5, 0.6) is 0 Å². The molecule has 0 unspecified atom stereocenters. The molecule has 47 heavy (non-hydrogen) atoms. The number of carbonyl (C=O) groups is 2. The van der Waals surface area contributed by atoms with E-state index in [0.29, 0.717) is 57.2 Å². The highest BCUT2D eigenvalue weighted by Gasteiger charge is 2.13. The number of hydrogen-bond acceptors (Lipinski definition) is 11. The van der Waals surface area contributed by atoms with Crippen molar-refractivity contribution >= 4 is 75.2 Å². The standard InChI is InChI=1S/C14H20ClN3O2.C10H10N4OS.C8H10ClNO/c15-12-10-11(16)4-5-13(12)17-14(19)20-9-8-18-6-2-1-3-7-18;1-6-9(13-14-16-6)10(15)12-8-4-2-7(11)3-5-8;9-8-5-7(10)2-1-6(8)3-4-11/h4-5,10H,1-3,6-9,16H2,(H,17,19);2-5H,11H2,1H3,(H,12,15);1-2,5,11H,3-4,10H2. The summed E-state index contributed by atoms with van der Waals surface area (Å²) < 4.78 is 8.86. The number of nitrogen functional groups attached to an aromatic ring is 3. The van der Waals surface area contributed by atoms with Gasteiger partial charge in [-0.05, 0) is 111 Å². The van der Waals surface area contributed by atoms with Crippen molar-refractivity contribution < 1.29 is 19.4 Å². The number of hydrogen-bond donors (Lipinski definition) is 6. The SMILES string of the molecule is Cc1snnc1C(=O)Nc1ccc(N)cc1.Nc1ccc(CCO)c(Cl)c1.Nc1ccc(NC(=O)OCCN2CCCCC2)c(Cl)c1. The Morgan fingerprint density at radius 3 is 2.15 bits per heavy atom. The van der Waals surface area contributed by atoms with Crippen LogP contribution in [0.25, 0.3) is 0 Å². The maximum atomic E-state index is 11.7. The average molecular weight is 704 g/mol. The lowest BCUT2D eigenvalue weighted by Gasteiger charge is -2.25. The molecule has 2 heterocycles. The monoisotopic (exact) mass is 702 g/mol. The van der Waals surface area contributed by atoms with Crippen molar-refractivity contribution in [2.75, 3.05) is 60.7 Å². The van der Waals surface area contributed by atoms with Crippen molar-refractivity contribution in [3.05, 3.63) is 86.8 Å². The maximum Gasteiger partial charge on any atom is 0.411 e. The van der Waals surface area contributed by atoms with E-state index in [1.165, 1.54) is 30.8 Å². The quantitative estimate of drug-likeness (QED) is 0.117. The first-order chi connectivity index (χ1) is 22.5. The van der Waals surface area contributed by atoms with Gasteiger partial charge in [0.1, 0.15) is 6.61 Å². The molecule has 5 rings (SSSR count). The van der Waals surface area contributed by atoms with Crippen LogP contribution >= 0.6 is 34.7 Å². The zero-order valence-electron chi connectivity index (χ0n) is 26.0. The Balaban J connectivity index is 0.000000200. The molecule has 1 aromatic heterocycles. The van der Waals surface area contributed by atoms with E-state index < -0.39 is 6.09 Å². The van der Waals surface area contributed by atoms with Gasteiger partial charge in [0.15, 0.2) is 5.69 Å². The summed E-state index contributed by atoms with van der Waals surface area (Å²) >= 11 is 13.0. The molecule has 1 aliphatic rings. The summed E-state index contributed by atoms with van der Waals surface area (Å²) in [4.78, 5) is 26.5. The fourth-order valence-electron chi connectivity index (χ4n) is 4.31. The number of ether oxygens (including phenoxy) is 1. The van der Waals surface area contributed by atoms with Crippen molar-refractivity contribution in [2.24, 2.45) is 0 Å². The summed E-state index contributed by atoms with van der Waals surface area (Å²) in [5.74, 6) is -0.254. The van der Waals surface area contributed by atoms with E-state index in [2.05, 4.69) is 25.1 Å². The third kappa shape index (κ3) is 13.2. The Bertz CT molecular complexity index is 1580. The predicted molar refractivity (Wildman–Crippen MR) is 191 cm³/mol. The number of aromatic nitrogens is 2. The van der Waals surface area contributed by atoms with Crippen LogP contribution in [-0.2, 0) is 11.2 Å². The maximum absolute atomic E-state index is 11.7. The summed E-state index contributed by atoms with van der Waals surface area (Å²) in [5.41, 5.74) is 21.0. The van der Waals surface area contributed by atoms with Gasteiger partial charge in [-0.2, -0.15) is 0 Å². The van der Waals surface area contributed by atoms with E-state index >= 15 is 0 Å². The predicted octanol–water partition coefficient (Wildman–Crippen LogP) is 6.09. The molecular weight excluding hydrogens is 663 g/mol. The van der Waals surface area contributed by atoms with Gasteiger partial charge in [-0.15, -0.1) is 5.10 Å². The Hall–Kier alpha value is -4.14. The smallest absolute Gasteiger partial charge is 0.411 e. The highest BCUT2D eigenvalue weighted by molar-refractivity contribution is 7.05. The fourth-order valence-corrected chi connectivity index (χ4v) is 5.30. The van der Waals surface area contributed by atoms with Gasteiger partial charge in [-0.1, -0.05) is 40.2 Å². The molecule has 2 amide bonds. The van der Waals surface area contributed by atoms with E-state index in [1.807, 2.05) is 13.0 Å². The number of rotatable bonds is 8. The second kappa shape index (κ2) is 19.5. The molecule has 0 spiro atoms. The zero-order valence-corrected chi connectivity index (χ0v) is 28.4. The van der Waals surface area contributed by atoms with Crippen molar-refractivity contribution in [1.82, 2.24) is 14.5 Å². The summed E-state index contributed by atoms with van der Waals surface area (Å²) in [5, 5.41) is 18.7. The first-order valence-electron chi connectivity index (χ1n) is 14.9. The van der Waals surface area contributed by atoms with Gasteiger partial charge in [0.25, 0.3) is 5.91 Å². The Morgan fingerprint density at radius 1 is 0.915 bits per heavy atom. The molecule has 0 atom stereocenters. The summed E-state index contributed by atoms with van der Waals surface area (Å²) in [7, 11) is 0. The van der Waals surface area contributed by atoms with Crippen LogP contribution in [0.4, 0.5) is 33.2 Å². The molecule has 0 aliphatic carbocycles. The number of nitrogens with one attached hydrogen (secondary N) is 2. The van der Waals surface area contributed by atoms with Crippen LogP contribution in [-0.4, -0.2) is 64.4 Å². The van der Waals surface area contributed by atoms with Crippen molar-refractivity contribution in [3.63, 3.8) is 0 Å². The van der Waals surface area contributed by atoms with Crippen molar-refractivity contribution in [3.8, 4) is 0 Å². The summed E-state index contributed by atoms with van der Waals surface area (Å²) in [6.07, 6.45) is 3.85. The lowest BCUT2D eigenvalue weighted by Crippen LogP contribution is -2.33. The van der Waals surface area contributed by atoms with E-state index in [-0.39, 0.29) is 12.5 Å². The van der Waals surface area contributed by atoms with Gasteiger partial charge in [0.05, 0.1) is 15.6 Å². The van der Waals surface area contributed by atoms with E-state index in [0.717, 1.165) is 30.1 Å². The Morgan fingerprint density at radius 2 is 1.55 bits per heavy atom. The Kier molecular flexibility index (Phi) is 15.5. The molecule has 15 heteroatoms. The number of halogens is 2. The van der Waals surface area contributed by atoms with Crippen molar-refractivity contribution in [2.45, 2.75) is 32.6 Å². The number of nitrogens with two attached hydrogens (primary N) is 3. The zero-order chi connectivity index (χ0) is 34.2. The molecule has 4 aromatic rings. The molecule has 0 saturated carbocycles. The first-order valence-corrected chi connectivity index (χ1v) is 16.4. The van der Waals surface area contributed by atoms with Gasteiger partial charge in [0.2, 0.25) is 0 Å². The highest BCUT2D eigenvalue weighted by atomic mass is 35.5. The van der Waals surface area contributed by atoms with Gasteiger partial charge in [-0.3, -0.25) is 15.0 Å². The van der Waals surface area contributed by atoms with Crippen molar-refractivity contribution in [1.29, 1.82) is 0 Å². The number of piperidine rings is 1. The largest absolute Gasteiger partial charge is 0.448 e. The van der Waals surface area contributed by atoms with Crippen LogP contribution < -0.4 is 27.8 Å². The van der Waals surface area contributed by atoms with E-state index in [1.54, 1.807) is 54.6 Å². The highest BCUT2D eigenvalue weighted by Crippen LogP contribution is 2.24. The first kappa shape index (κ1) is 37.3. The number of benzene rings is 3. The third-order valence-electron chi connectivity index (χ3n) is 6.81. The molecule has 12 nitrogen and oxygen atoms in total. The van der Waals surface area contributed by atoms with Crippen LogP contribution in [0, 0.1) is 6.92 Å². The summed E-state index contributed by atoms with van der Waals surface area (Å²) in [6, 6.07) is 17.1. The second-order valence-electron chi connectivity index (χ2n) is 10.5. The minimum Gasteiger partial charge on any atom is -0.448 e. The molecule has 0 radical (unpaired) electrons. The van der Waals surface area contributed by atoms with Crippen LogP contribution in [0.3, 0.4) is 0 Å². The fraction of sp³-hybridized carbons (Fsp3) is 0.312. The number of aliphatic hydroxyl groups is 1. The van der Waals surface area contributed by atoms with Gasteiger partial charge >= 0.3 is 6.09 Å².